The SMILES string of the molecule is CCSCCON1C(=O)c2ccccc2C1=O. The number of hydrogen-bond donors (Lipinski definition) is 0. The molecule has 1 aromatic rings. The Balaban J connectivity index is 2.03. The standard InChI is InChI=1S/C12H13NO3S/c1-2-17-8-7-16-13-11(14)9-5-3-4-6-10(9)12(13)15/h3-6H,2,7-8H2,1H3. The predicted molar refractivity (Wildman–Crippen MR) is 65.9 cm³/mol. The molecule has 0 N–H and O–H groups in total. The molecular formula is C12H13NO3S. The van der Waals surface area contributed by atoms with Gasteiger partial charge < -0.3 is 0 Å². The average Bonchev–Trinajstić information content (AvgIpc) is 2.60. The monoisotopic (exact) mass is 251 g/mol. The average molecular weight is 251 g/mol. The lowest BCUT2D eigenvalue weighted by Crippen LogP contribution is -2.30. The number of benzene rings is 1. The minimum absolute atomic E-state index is 0.365. The van der Waals surface area contributed by atoms with Crippen LogP contribution in [0.2, 0.25) is 0 Å². The summed E-state index contributed by atoms with van der Waals surface area (Å²) in [6.45, 7) is 2.41. The van der Waals surface area contributed by atoms with Gasteiger partial charge in [-0.25, -0.2) is 0 Å². The van der Waals surface area contributed by atoms with E-state index < -0.39 is 0 Å². The Labute approximate surface area is 104 Å². The van der Waals surface area contributed by atoms with E-state index in [-0.39, 0.29) is 11.8 Å². The van der Waals surface area contributed by atoms with Crippen molar-refractivity contribution in [2.75, 3.05) is 18.1 Å². The largest absolute Gasteiger partial charge is 0.285 e. The Morgan fingerprint density at radius 1 is 1.18 bits per heavy atom. The van der Waals surface area contributed by atoms with Crippen LogP contribution in [0.1, 0.15) is 27.6 Å². The number of rotatable bonds is 5. The molecule has 0 aromatic heterocycles. The molecule has 1 aliphatic rings. The molecule has 0 saturated heterocycles. The van der Waals surface area contributed by atoms with E-state index in [1.807, 2.05) is 6.92 Å². The van der Waals surface area contributed by atoms with Gasteiger partial charge in [-0.15, -0.1) is 5.06 Å². The fraction of sp³-hybridized carbons (Fsp3) is 0.333. The van der Waals surface area contributed by atoms with Gasteiger partial charge in [0.1, 0.15) is 0 Å². The summed E-state index contributed by atoms with van der Waals surface area (Å²) >= 11 is 1.70. The van der Waals surface area contributed by atoms with Gasteiger partial charge in [0, 0.05) is 5.75 Å². The van der Waals surface area contributed by atoms with E-state index in [4.69, 9.17) is 4.84 Å². The van der Waals surface area contributed by atoms with E-state index in [2.05, 4.69) is 0 Å². The number of imide groups is 1. The number of thioether (sulfide) groups is 1. The summed E-state index contributed by atoms with van der Waals surface area (Å²) < 4.78 is 0. The highest BCUT2D eigenvalue weighted by atomic mass is 32.2. The molecule has 1 aliphatic heterocycles. The zero-order valence-corrected chi connectivity index (χ0v) is 10.3. The van der Waals surface area contributed by atoms with Gasteiger partial charge in [0.05, 0.1) is 17.7 Å². The second kappa shape index (κ2) is 5.33. The van der Waals surface area contributed by atoms with Crippen molar-refractivity contribution in [2.45, 2.75) is 6.92 Å². The van der Waals surface area contributed by atoms with Crippen molar-refractivity contribution in [2.24, 2.45) is 0 Å². The summed E-state index contributed by atoms with van der Waals surface area (Å²) in [6, 6.07) is 6.75. The first-order chi connectivity index (χ1) is 8.25. The van der Waals surface area contributed by atoms with Gasteiger partial charge >= 0.3 is 0 Å². The molecule has 2 amide bonds. The van der Waals surface area contributed by atoms with Gasteiger partial charge in [-0.3, -0.25) is 14.4 Å². The highest BCUT2D eigenvalue weighted by molar-refractivity contribution is 7.99. The van der Waals surface area contributed by atoms with Gasteiger partial charge in [-0.2, -0.15) is 11.8 Å². The first kappa shape index (κ1) is 12.1. The van der Waals surface area contributed by atoms with Crippen LogP contribution < -0.4 is 0 Å². The molecule has 90 valence electrons. The topological polar surface area (TPSA) is 46.6 Å². The summed E-state index contributed by atoms with van der Waals surface area (Å²) in [4.78, 5) is 28.9. The number of amides is 2. The third-order valence-corrected chi connectivity index (χ3v) is 3.27. The highest BCUT2D eigenvalue weighted by Gasteiger charge is 2.36. The lowest BCUT2D eigenvalue weighted by Gasteiger charge is -2.12. The first-order valence-corrected chi connectivity index (χ1v) is 6.59. The quantitative estimate of drug-likeness (QED) is 0.593. The molecule has 0 bridgehead atoms. The molecule has 4 nitrogen and oxygen atoms in total. The summed E-state index contributed by atoms with van der Waals surface area (Å²) in [5.41, 5.74) is 0.835. The number of hydroxylamine groups is 2. The molecule has 2 rings (SSSR count). The maximum Gasteiger partial charge on any atom is 0.285 e. The molecule has 0 aliphatic carbocycles. The first-order valence-electron chi connectivity index (χ1n) is 5.44. The van der Waals surface area contributed by atoms with Crippen LogP contribution in [0, 0.1) is 0 Å². The molecule has 5 heteroatoms. The van der Waals surface area contributed by atoms with Crippen LogP contribution in [0.3, 0.4) is 0 Å². The minimum Gasteiger partial charge on any atom is -0.266 e. The number of carbonyl (C=O) groups is 2. The Morgan fingerprint density at radius 2 is 1.76 bits per heavy atom. The number of hydrogen-bond acceptors (Lipinski definition) is 4. The van der Waals surface area contributed by atoms with Crippen LogP contribution in [-0.2, 0) is 4.84 Å². The molecule has 0 radical (unpaired) electrons. The highest BCUT2D eigenvalue weighted by Crippen LogP contribution is 2.22. The van der Waals surface area contributed by atoms with Gasteiger partial charge in [0.2, 0.25) is 0 Å². The lowest BCUT2D eigenvalue weighted by atomic mass is 10.1. The summed E-state index contributed by atoms with van der Waals surface area (Å²) in [7, 11) is 0. The van der Waals surface area contributed by atoms with Crippen molar-refractivity contribution in [1.82, 2.24) is 5.06 Å². The van der Waals surface area contributed by atoms with Crippen LogP contribution in [0.5, 0.6) is 0 Å². The van der Waals surface area contributed by atoms with Crippen molar-refractivity contribution in [3.05, 3.63) is 35.4 Å². The molecule has 0 unspecified atom stereocenters. The van der Waals surface area contributed by atoms with Gasteiger partial charge in [0.15, 0.2) is 0 Å². The molecule has 0 spiro atoms. The normalized spacial score (nSPS) is 14.3. The smallest absolute Gasteiger partial charge is 0.266 e. The predicted octanol–water partition coefficient (Wildman–Crippen LogP) is 1.97. The molecular weight excluding hydrogens is 238 g/mol. The van der Waals surface area contributed by atoms with Gasteiger partial charge in [-0.1, -0.05) is 19.1 Å². The van der Waals surface area contributed by atoms with Crippen molar-refractivity contribution in [1.29, 1.82) is 0 Å². The van der Waals surface area contributed by atoms with Crippen molar-refractivity contribution in [3.63, 3.8) is 0 Å². The van der Waals surface area contributed by atoms with Crippen LogP contribution in [0.4, 0.5) is 0 Å². The number of fused-ring (bicyclic) bond motifs is 1. The van der Waals surface area contributed by atoms with Crippen molar-refractivity contribution in [3.8, 4) is 0 Å². The van der Waals surface area contributed by atoms with Crippen LogP contribution in [0.25, 0.3) is 0 Å². The van der Waals surface area contributed by atoms with E-state index in [0.717, 1.165) is 16.6 Å². The molecule has 1 aromatic carbocycles. The van der Waals surface area contributed by atoms with Crippen LogP contribution in [-0.4, -0.2) is 35.0 Å². The van der Waals surface area contributed by atoms with E-state index >= 15 is 0 Å². The lowest BCUT2D eigenvalue weighted by molar-refractivity contribution is -0.0852. The zero-order chi connectivity index (χ0) is 12.3. The molecule has 1 heterocycles. The summed E-state index contributed by atoms with van der Waals surface area (Å²) in [5.74, 6) is 1.02. The van der Waals surface area contributed by atoms with E-state index in [9.17, 15) is 9.59 Å². The Morgan fingerprint density at radius 3 is 2.29 bits per heavy atom. The molecule has 0 fully saturated rings. The fourth-order valence-corrected chi connectivity index (χ4v) is 2.10. The summed E-state index contributed by atoms with van der Waals surface area (Å²) in [5, 5.41) is 0.862. The number of carbonyl (C=O) groups excluding carboxylic acids is 2. The molecule has 0 saturated carbocycles. The fourth-order valence-electron chi connectivity index (χ4n) is 1.62. The van der Waals surface area contributed by atoms with Crippen molar-refractivity contribution >= 4 is 23.6 Å². The summed E-state index contributed by atoms with van der Waals surface area (Å²) in [6.07, 6.45) is 0. The Bertz CT molecular complexity index is 412. The third kappa shape index (κ3) is 2.35. The number of nitrogens with zero attached hydrogens (tertiary/aromatic N) is 1. The van der Waals surface area contributed by atoms with Crippen LogP contribution >= 0.6 is 11.8 Å². The van der Waals surface area contributed by atoms with E-state index in [1.165, 1.54) is 0 Å². The Kier molecular flexibility index (Phi) is 3.81. The molecule has 0 atom stereocenters. The van der Waals surface area contributed by atoms with E-state index in [0.29, 0.717) is 17.7 Å². The second-order valence-electron chi connectivity index (χ2n) is 3.48. The minimum atomic E-state index is -0.368. The molecule has 17 heavy (non-hydrogen) atoms. The van der Waals surface area contributed by atoms with Gasteiger partial charge in [0.25, 0.3) is 11.8 Å². The zero-order valence-electron chi connectivity index (χ0n) is 9.51. The second-order valence-corrected chi connectivity index (χ2v) is 4.87. The van der Waals surface area contributed by atoms with Crippen LogP contribution in [0.15, 0.2) is 24.3 Å². The maximum atomic E-state index is 11.8. The Hall–Kier alpha value is -1.33. The third-order valence-electron chi connectivity index (χ3n) is 2.41. The maximum absolute atomic E-state index is 11.8. The van der Waals surface area contributed by atoms with Gasteiger partial charge in [-0.05, 0) is 17.9 Å². The van der Waals surface area contributed by atoms with E-state index in [1.54, 1.807) is 36.0 Å². The van der Waals surface area contributed by atoms with Crippen molar-refractivity contribution < 1.29 is 14.4 Å².